The van der Waals surface area contributed by atoms with Crippen LogP contribution < -0.4 is 0 Å². The molecule has 0 amide bonds. The smallest absolute Gasteiger partial charge is 0.187 e. The van der Waals surface area contributed by atoms with Crippen molar-refractivity contribution in [2.24, 2.45) is 0 Å². The van der Waals surface area contributed by atoms with Gasteiger partial charge in [-0.2, -0.15) is 5.10 Å². The Kier molecular flexibility index (Phi) is 2.99. The SMILES string of the molecule is Cc1cnn(CC(=O)c2ccc(F)cc2F)c1. The largest absolute Gasteiger partial charge is 0.292 e. The van der Waals surface area contributed by atoms with Crippen LogP contribution in [0.15, 0.2) is 30.6 Å². The van der Waals surface area contributed by atoms with Gasteiger partial charge in [0.1, 0.15) is 18.2 Å². The van der Waals surface area contributed by atoms with Gasteiger partial charge < -0.3 is 0 Å². The predicted molar refractivity (Wildman–Crippen MR) is 57.7 cm³/mol. The number of hydrogen-bond donors (Lipinski definition) is 0. The summed E-state index contributed by atoms with van der Waals surface area (Å²) in [6.07, 6.45) is 3.29. The monoisotopic (exact) mass is 236 g/mol. The summed E-state index contributed by atoms with van der Waals surface area (Å²) in [5, 5.41) is 3.93. The number of carbonyl (C=O) groups excluding carboxylic acids is 1. The maximum absolute atomic E-state index is 13.3. The Morgan fingerprint density at radius 1 is 1.41 bits per heavy atom. The lowest BCUT2D eigenvalue weighted by Gasteiger charge is -2.03. The van der Waals surface area contributed by atoms with E-state index >= 15 is 0 Å². The normalized spacial score (nSPS) is 10.5. The second kappa shape index (κ2) is 4.45. The molecule has 0 saturated carbocycles. The highest BCUT2D eigenvalue weighted by atomic mass is 19.1. The van der Waals surface area contributed by atoms with Gasteiger partial charge in [0.05, 0.1) is 11.8 Å². The zero-order chi connectivity index (χ0) is 12.4. The molecule has 0 fully saturated rings. The summed E-state index contributed by atoms with van der Waals surface area (Å²) in [5.74, 6) is -1.99. The second-order valence-corrected chi connectivity index (χ2v) is 3.76. The van der Waals surface area contributed by atoms with E-state index in [0.29, 0.717) is 6.07 Å². The van der Waals surface area contributed by atoms with Crippen molar-refractivity contribution in [3.8, 4) is 0 Å². The molecule has 5 heteroatoms. The van der Waals surface area contributed by atoms with E-state index in [1.807, 2.05) is 6.92 Å². The molecule has 2 aromatic rings. The van der Waals surface area contributed by atoms with Crippen molar-refractivity contribution in [3.05, 3.63) is 53.4 Å². The molecule has 3 nitrogen and oxygen atoms in total. The zero-order valence-electron chi connectivity index (χ0n) is 9.15. The van der Waals surface area contributed by atoms with Crippen LogP contribution in [-0.2, 0) is 6.54 Å². The molecule has 0 aliphatic heterocycles. The van der Waals surface area contributed by atoms with Gasteiger partial charge >= 0.3 is 0 Å². The first kappa shape index (κ1) is 11.4. The Morgan fingerprint density at radius 3 is 2.76 bits per heavy atom. The number of ketones is 1. The Bertz CT molecular complexity index is 563. The van der Waals surface area contributed by atoms with E-state index in [9.17, 15) is 13.6 Å². The number of hydrogen-bond acceptors (Lipinski definition) is 2. The molecule has 0 spiro atoms. The van der Waals surface area contributed by atoms with E-state index in [1.165, 1.54) is 4.68 Å². The zero-order valence-corrected chi connectivity index (χ0v) is 9.15. The number of benzene rings is 1. The number of nitrogens with zero attached hydrogens (tertiary/aromatic N) is 2. The van der Waals surface area contributed by atoms with Gasteiger partial charge in [-0.05, 0) is 24.6 Å². The average Bonchev–Trinajstić information content (AvgIpc) is 2.63. The summed E-state index contributed by atoms with van der Waals surface area (Å²) in [7, 11) is 0. The van der Waals surface area contributed by atoms with Crippen LogP contribution in [0.1, 0.15) is 15.9 Å². The first-order chi connectivity index (χ1) is 8.06. The fourth-order valence-electron chi connectivity index (χ4n) is 1.50. The molecule has 88 valence electrons. The Labute approximate surface area is 96.7 Å². The van der Waals surface area contributed by atoms with Crippen molar-refractivity contribution in [2.75, 3.05) is 0 Å². The van der Waals surface area contributed by atoms with Gasteiger partial charge in [0.15, 0.2) is 5.78 Å². The fourth-order valence-corrected chi connectivity index (χ4v) is 1.50. The first-order valence-corrected chi connectivity index (χ1v) is 5.03. The third kappa shape index (κ3) is 2.55. The van der Waals surface area contributed by atoms with Crippen LogP contribution >= 0.6 is 0 Å². The molecule has 0 saturated heterocycles. The highest BCUT2D eigenvalue weighted by Gasteiger charge is 2.13. The van der Waals surface area contributed by atoms with E-state index in [1.54, 1.807) is 12.4 Å². The highest BCUT2D eigenvalue weighted by molar-refractivity contribution is 5.96. The molecule has 0 radical (unpaired) electrons. The summed E-state index contributed by atoms with van der Waals surface area (Å²) in [6.45, 7) is 1.78. The van der Waals surface area contributed by atoms with Crippen molar-refractivity contribution in [2.45, 2.75) is 13.5 Å². The van der Waals surface area contributed by atoms with E-state index < -0.39 is 17.4 Å². The van der Waals surface area contributed by atoms with Gasteiger partial charge in [-0.15, -0.1) is 0 Å². The van der Waals surface area contributed by atoms with Gasteiger partial charge in [0.25, 0.3) is 0 Å². The summed E-state index contributed by atoms with van der Waals surface area (Å²) in [6, 6.07) is 2.90. The van der Waals surface area contributed by atoms with Crippen LogP contribution in [0.3, 0.4) is 0 Å². The van der Waals surface area contributed by atoms with Crippen LogP contribution in [-0.4, -0.2) is 15.6 Å². The maximum atomic E-state index is 13.3. The summed E-state index contributed by atoms with van der Waals surface area (Å²) in [4.78, 5) is 11.7. The molecular weight excluding hydrogens is 226 g/mol. The van der Waals surface area contributed by atoms with E-state index in [0.717, 1.165) is 17.7 Å². The lowest BCUT2D eigenvalue weighted by atomic mass is 10.1. The quantitative estimate of drug-likeness (QED) is 0.767. The van der Waals surface area contributed by atoms with Crippen LogP contribution in [0.2, 0.25) is 0 Å². The summed E-state index contributed by atoms with van der Waals surface area (Å²) < 4.78 is 27.4. The molecule has 1 aromatic carbocycles. The minimum absolute atomic E-state index is 0.0591. The number of rotatable bonds is 3. The number of aromatic nitrogens is 2. The number of aryl methyl sites for hydroxylation is 1. The molecule has 0 atom stereocenters. The Hall–Kier alpha value is -2.04. The molecule has 0 aliphatic rings. The van der Waals surface area contributed by atoms with Crippen molar-refractivity contribution < 1.29 is 13.6 Å². The van der Waals surface area contributed by atoms with E-state index in [-0.39, 0.29) is 12.1 Å². The number of carbonyl (C=O) groups is 1. The number of halogens is 2. The minimum atomic E-state index is -0.848. The van der Waals surface area contributed by atoms with Gasteiger partial charge in [-0.1, -0.05) is 0 Å². The van der Waals surface area contributed by atoms with Gasteiger partial charge in [-0.25, -0.2) is 8.78 Å². The fraction of sp³-hybridized carbons (Fsp3) is 0.167. The highest BCUT2D eigenvalue weighted by Crippen LogP contribution is 2.11. The lowest BCUT2D eigenvalue weighted by Crippen LogP contribution is -2.12. The maximum Gasteiger partial charge on any atom is 0.187 e. The summed E-state index contributed by atoms with van der Waals surface area (Å²) >= 11 is 0. The minimum Gasteiger partial charge on any atom is -0.292 e. The summed E-state index contributed by atoms with van der Waals surface area (Å²) in [5.41, 5.74) is 0.789. The van der Waals surface area contributed by atoms with Crippen molar-refractivity contribution >= 4 is 5.78 Å². The van der Waals surface area contributed by atoms with E-state index in [4.69, 9.17) is 0 Å². The standard InChI is InChI=1S/C12H10F2N2O/c1-8-5-15-16(6-8)7-12(17)10-3-2-9(13)4-11(10)14/h2-6H,7H2,1H3. The van der Waals surface area contributed by atoms with Crippen LogP contribution in [0.4, 0.5) is 8.78 Å². The van der Waals surface area contributed by atoms with Gasteiger partial charge in [-0.3, -0.25) is 9.48 Å². The molecular formula is C12H10F2N2O. The first-order valence-electron chi connectivity index (χ1n) is 5.03. The van der Waals surface area contributed by atoms with Crippen LogP contribution in [0.25, 0.3) is 0 Å². The third-order valence-corrected chi connectivity index (χ3v) is 2.30. The van der Waals surface area contributed by atoms with Crippen molar-refractivity contribution in [1.82, 2.24) is 9.78 Å². The topological polar surface area (TPSA) is 34.9 Å². The lowest BCUT2D eigenvalue weighted by molar-refractivity contribution is 0.0963. The molecule has 1 heterocycles. The molecule has 0 bridgehead atoms. The molecule has 17 heavy (non-hydrogen) atoms. The number of Topliss-reactive ketones (excluding diaryl/α,β-unsaturated/α-hetero) is 1. The van der Waals surface area contributed by atoms with Crippen LogP contribution in [0.5, 0.6) is 0 Å². The Balaban J connectivity index is 2.20. The molecule has 0 unspecified atom stereocenters. The third-order valence-electron chi connectivity index (χ3n) is 2.30. The Morgan fingerprint density at radius 2 is 2.18 bits per heavy atom. The average molecular weight is 236 g/mol. The molecule has 0 aliphatic carbocycles. The molecule has 1 aromatic heterocycles. The molecule has 0 N–H and O–H groups in total. The van der Waals surface area contributed by atoms with Gasteiger partial charge in [0.2, 0.25) is 0 Å². The molecule has 2 rings (SSSR count). The van der Waals surface area contributed by atoms with E-state index in [2.05, 4.69) is 5.10 Å². The van der Waals surface area contributed by atoms with Crippen LogP contribution in [0, 0.1) is 18.6 Å². The van der Waals surface area contributed by atoms with Crippen molar-refractivity contribution in [3.63, 3.8) is 0 Å². The van der Waals surface area contributed by atoms with Gasteiger partial charge in [0, 0.05) is 12.3 Å². The van der Waals surface area contributed by atoms with Crippen molar-refractivity contribution in [1.29, 1.82) is 0 Å². The second-order valence-electron chi connectivity index (χ2n) is 3.76. The predicted octanol–water partition coefficient (Wildman–Crippen LogP) is 2.35.